The highest BCUT2D eigenvalue weighted by Gasteiger charge is 2.20. The lowest BCUT2D eigenvalue weighted by molar-refractivity contribution is 0.260. The second kappa shape index (κ2) is 4.41. The first-order valence-corrected chi connectivity index (χ1v) is 5.39. The summed E-state index contributed by atoms with van der Waals surface area (Å²) in [7, 11) is 0. The molecule has 1 aliphatic rings. The molecule has 2 rings (SSSR count). The van der Waals surface area contributed by atoms with Crippen molar-refractivity contribution < 1.29 is 0 Å². The molecule has 1 unspecified atom stereocenters. The van der Waals surface area contributed by atoms with E-state index < -0.39 is 0 Å². The molecule has 0 aliphatic carbocycles. The van der Waals surface area contributed by atoms with Gasteiger partial charge in [-0.1, -0.05) is 6.07 Å². The average molecular weight is 201 g/mol. The standard InChI is InChI=1S/C12H15N3/c1-10-4-3-7-15(10)9-11-5-2-6-14-12(11)8-13/h2,5-6,10H,3-4,7,9H2,1H3. The van der Waals surface area contributed by atoms with E-state index in [1.807, 2.05) is 12.1 Å². The molecule has 0 spiro atoms. The first-order chi connectivity index (χ1) is 7.31. The maximum Gasteiger partial charge on any atom is 0.144 e. The maximum atomic E-state index is 8.93. The third-order valence-electron chi connectivity index (χ3n) is 3.06. The van der Waals surface area contributed by atoms with Crippen molar-refractivity contribution in [2.45, 2.75) is 32.4 Å². The smallest absolute Gasteiger partial charge is 0.144 e. The Morgan fingerprint density at radius 3 is 3.20 bits per heavy atom. The van der Waals surface area contributed by atoms with Crippen LogP contribution in [0.2, 0.25) is 0 Å². The lowest BCUT2D eigenvalue weighted by atomic mass is 10.2. The fourth-order valence-electron chi connectivity index (χ4n) is 2.11. The summed E-state index contributed by atoms with van der Waals surface area (Å²) in [4.78, 5) is 6.49. The van der Waals surface area contributed by atoms with E-state index in [4.69, 9.17) is 5.26 Å². The molecule has 3 heteroatoms. The zero-order chi connectivity index (χ0) is 10.7. The van der Waals surface area contributed by atoms with E-state index >= 15 is 0 Å². The summed E-state index contributed by atoms with van der Waals surface area (Å²) in [6, 6.07) is 6.68. The quantitative estimate of drug-likeness (QED) is 0.734. The zero-order valence-electron chi connectivity index (χ0n) is 8.98. The Morgan fingerprint density at radius 1 is 1.67 bits per heavy atom. The molecule has 0 amide bonds. The van der Waals surface area contributed by atoms with Crippen molar-refractivity contribution in [2.24, 2.45) is 0 Å². The summed E-state index contributed by atoms with van der Waals surface area (Å²) < 4.78 is 0. The van der Waals surface area contributed by atoms with E-state index in [-0.39, 0.29) is 0 Å². The first-order valence-electron chi connectivity index (χ1n) is 5.39. The highest BCUT2D eigenvalue weighted by atomic mass is 15.2. The van der Waals surface area contributed by atoms with Gasteiger partial charge in [-0.25, -0.2) is 4.98 Å². The molecule has 0 bridgehead atoms. The highest BCUT2D eigenvalue weighted by molar-refractivity contribution is 5.30. The summed E-state index contributed by atoms with van der Waals surface area (Å²) in [5, 5.41) is 8.93. The molecule has 1 aliphatic heterocycles. The van der Waals surface area contributed by atoms with E-state index in [0.29, 0.717) is 11.7 Å². The second-order valence-corrected chi connectivity index (χ2v) is 4.08. The topological polar surface area (TPSA) is 39.9 Å². The molecule has 0 saturated carbocycles. The van der Waals surface area contributed by atoms with Gasteiger partial charge in [-0.15, -0.1) is 0 Å². The predicted octanol–water partition coefficient (Wildman–Crippen LogP) is 1.94. The normalized spacial score (nSPS) is 21.5. The fourth-order valence-corrected chi connectivity index (χ4v) is 2.11. The first kappa shape index (κ1) is 10.1. The minimum Gasteiger partial charge on any atom is -0.296 e. The number of rotatable bonds is 2. The average Bonchev–Trinajstić information content (AvgIpc) is 2.65. The van der Waals surface area contributed by atoms with Gasteiger partial charge in [0.25, 0.3) is 0 Å². The van der Waals surface area contributed by atoms with E-state index in [2.05, 4.69) is 22.9 Å². The van der Waals surface area contributed by atoms with Gasteiger partial charge in [0.2, 0.25) is 0 Å². The van der Waals surface area contributed by atoms with Crippen molar-refractivity contribution in [1.82, 2.24) is 9.88 Å². The Kier molecular flexibility index (Phi) is 2.98. The predicted molar refractivity (Wildman–Crippen MR) is 58.1 cm³/mol. The van der Waals surface area contributed by atoms with E-state index in [1.54, 1.807) is 6.20 Å². The van der Waals surface area contributed by atoms with Gasteiger partial charge in [-0.2, -0.15) is 5.26 Å². The van der Waals surface area contributed by atoms with Crippen LogP contribution in [0.4, 0.5) is 0 Å². The van der Waals surface area contributed by atoms with E-state index in [9.17, 15) is 0 Å². The lowest BCUT2D eigenvalue weighted by Crippen LogP contribution is -2.26. The van der Waals surface area contributed by atoms with Gasteiger partial charge < -0.3 is 0 Å². The SMILES string of the molecule is CC1CCCN1Cc1cccnc1C#N. The van der Waals surface area contributed by atoms with Crippen molar-refractivity contribution in [3.8, 4) is 6.07 Å². The molecular weight excluding hydrogens is 186 g/mol. The third-order valence-corrected chi connectivity index (χ3v) is 3.06. The molecule has 78 valence electrons. The van der Waals surface area contributed by atoms with Crippen LogP contribution in [0.3, 0.4) is 0 Å². The Balaban J connectivity index is 2.14. The largest absolute Gasteiger partial charge is 0.296 e. The van der Waals surface area contributed by atoms with E-state index in [1.165, 1.54) is 12.8 Å². The van der Waals surface area contributed by atoms with Crippen LogP contribution in [0.1, 0.15) is 31.0 Å². The monoisotopic (exact) mass is 201 g/mol. The second-order valence-electron chi connectivity index (χ2n) is 4.08. The van der Waals surface area contributed by atoms with Crippen molar-refractivity contribution in [3.05, 3.63) is 29.6 Å². The molecule has 0 N–H and O–H groups in total. The van der Waals surface area contributed by atoms with E-state index in [0.717, 1.165) is 18.7 Å². The summed E-state index contributed by atoms with van der Waals surface area (Å²) in [5.41, 5.74) is 1.62. The Bertz CT molecular complexity index is 381. The van der Waals surface area contributed by atoms with Gasteiger partial charge in [0.05, 0.1) is 0 Å². The number of pyridine rings is 1. The van der Waals surface area contributed by atoms with Crippen molar-refractivity contribution in [2.75, 3.05) is 6.54 Å². The Labute approximate surface area is 90.4 Å². The molecule has 1 atom stereocenters. The molecule has 15 heavy (non-hydrogen) atoms. The lowest BCUT2D eigenvalue weighted by Gasteiger charge is -2.20. The molecule has 1 aromatic heterocycles. The molecule has 2 heterocycles. The van der Waals surface area contributed by atoms with Crippen LogP contribution in [0.25, 0.3) is 0 Å². The van der Waals surface area contributed by atoms with Crippen molar-refractivity contribution in [3.63, 3.8) is 0 Å². The number of hydrogen-bond donors (Lipinski definition) is 0. The molecular formula is C12H15N3. The molecule has 1 saturated heterocycles. The van der Waals surface area contributed by atoms with Gasteiger partial charge in [0, 0.05) is 24.3 Å². The molecule has 3 nitrogen and oxygen atoms in total. The molecule has 1 fully saturated rings. The van der Waals surface area contributed by atoms with Crippen LogP contribution in [-0.4, -0.2) is 22.5 Å². The number of nitriles is 1. The molecule has 1 aromatic rings. The minimum atomic E-state index is 0.566. The maximum absolute atomic E-state index is 8.93. The number of hydrogen-bond acceptors (Lipinski definition) is 3. The van der Waals surface area contributed by atoms with Gasteiger partial charge in [0.1, 0.15) is 11.8 Å². The van der Waals surface area contributed by atoms with Crippen LogP contribution >= 0.6 is 0 Å². The number of nitrogens with zero attached hydrogens (tertiary/aromatic N) is 3. The van der Waals surface area contributed by atoms with Crippen LogP contribution in [-0.2, 0) is 6.54 Å². The fraction of sp³-hybridized carbons (Fsp3) is 0.500. The van der Waals surface area contributed by atoms with Crippen LogP contribution in [0.5, 0.6) is 0 Å². The van der Waals surface area contributed by atoms with Gasteiger partial charge in [-0.05, 0) is 32.4 Å². The molecule has 0 aromatic carbocycles. The Morgan fingerprint density at radius 2 is 2.53 bits per heavy atom. The van der Waals surface area contributed by atoms with Crippen LogP contribution < -0.4 is 0 Å². The van der Waals surface area contributed by atoms with Crippen LogP contribution in [0.15, 0.2) is 18.3 Å². The summed E-state index contributed by atoms with van der Waals surface area (Å²) in [5.74, 6) is 0. The zero-order valence-corrected chi connectivity index (χ0v) is 8.98. The summed E-state index contributed by atoms with van der Waals surface area (Å²) in [6.45, 7) is 4.24. The third kappa shape index (κ3) is 2.16. The summed E-state index contributed by atoms with van der Waals surface area (Å²) >= 11 is 0. The van der Waals surface area contributed by atoms with Gasteiger partial charge in [0.15, 0.2) is 0 Å². The molecule has 0 radical (unpaired) electrons. The summed E-state index contributed by atoms with van der Waals surface area (Å²) in [6.07, 6.45) is 4.21. The van der Waals surface area contributed by atoms with Gasteiger partial charge in [-0.3, -0.25) is 4.90 Å². The Hall–Kier alpha value is -1.40. The number of likely N-dealkylation sites (tertiary alicyclic amines) is 1. The van der Waals surface area contributed by atoms with Crippen molar-refractivity contribution >= 4 is 0 Å². The van der Waals surface area contributed by atoms with Crippen LogP contribution in [0, 0.1) is 11.3 Å². The van der Waals surface area contributed by atoms with Crippen molar-refractivity contribution in [1.29, 1.82) is 5.26 Å². The van der Waals surface area contributed by atoms with Gasteiger partial charge >= 0.3 is 0 Å². The highest BCUT2D eigenvalue weighted by Crippen LogP contribution is 2.19. The minimum absolute atomic E-state index is 0.566. The number of aromatic nitrogens is 1.